The fourth-order valence-corrected chi connectivity index (χ4v) is 4.39. The molecule has 0 spiro atoms. The number of methoxy groups -OCH3 is 1. The van der Waals surface area contributed by atoms with E-state index in [0.29, 0.717) is 17.0 Å². The van der Waals surface area contributed by atoms with Crippen LogP contribution >= 0.6 is 11.6 Å². The zero-order chi connectivity index (χ0) is 21.1. The Kier molecular flexibility index (Phi) is 7.32. The number of hydrogen-bond donors (Lipinski definition) is 3. The molecule has 1 unspecified atom stereocenters. The third-order valence-corrected chi connectivity index (χ3v) is 6.23. The Morgan fingerprint density at radius 3 is 2.38 bits per heavy atom. The molecule has 0 radical (unpaired) electrons. The molecular formula is C21H25ClO6S. The number of aliphatic hydroxyl groups excluding tert-OH is 3. The van der Waals surface area contributed by atoms with Crippen molar-refractivity contribution in [1.29, 1.82) is 0 Å². The SMILES string of the molecule is COc1ccc(Cc2cc([C@@H]3O[C@H](CS(C)=O)[C@@H](O)[C@H](O)[C@H]3O)ccc2Cl)cc1. The quantitative estimate of drug-likeness (QED) is 0.634. The smallest absolute Gasteiger partial charge is 0.118 e. The number of ether oxygens (including phenoxy) is 2. The van der Waals surface area contributed by atoms with E-state index in [1.807, 2.05) is 30.3 Å². The minimum absolute atomic E-state index is 0.0632. The number of rotatable bonds is 6. The summed E-state index contributed by atoms with van der Waals surface area (Å²) in [6, 6.07) is 12.9. The lowest BCUT2D eigenvalue weighted by Crippen LogP contribution is -2.55. The Morgan fingerprint density at radius 2 is 1.76 bits per heavy atom. The summed E-state index contributed by atoms with van der Waals surface area (Å²) in [6.07, 6.45) is -3.68. The highest BCUT2D eigenvalue weighted by atomic mass is 35.5. The molecule has 6 nitrogen and oxygen atoms in total. The minimum Gasteiger partial charge on any atom is -0.497 e. The summed E-state index contributed by atoms with van der Waals surface area (Å²) in [4.78, 5) is 0. The predicted molar refractivity (Wildman–Crippen MR) is 112 cm³/mol. The fraction of sp³-hybridized carbons (Fsp3) is 0.429. The summed E-state index contributed by atoms with van der Waals surface area (Å²) in [6.45, 7) is 0. The first-order chi connectivity index (χ1) is 13.8. The zero-order valence-corrected chi connectivity index (χ0v) is 17.8. The highest BCUT2D eigenvalue weighted by Gasteiger charge is 2.44. The highest BCUT2D eigenvalue weighted by molar-refractivity contribution is 7.84. The topological polar surface area (TPSA) is 96.2 Å². The van der Waals surface area contributed by atoms with Crippen molar-refractivity contribution in [2.75, 3.05) is 19.1 Å². The van der Waals surface area contributed by atoms with Gasteiger partial charge in [0.25, 0.3) is 0 Å². The molecule has 29 heavy (non-hydrogen) atoms. The van der Waals surface area contributed by atoms with Crippen LogP contribution < -0.4 is 4.74 Å². The van der Waals surface area contributed by atoms with Crippen molar-refractivity contribution in [3.8, 4) is 5.75 Å². The van der Waals surface area contributed by atoms with Crippen LogP contribution in [0, 0.1) is 0 Å². The molecule has 6 atom stereocenters. The summed E-state index contributed by atoms with van der Waals surface area (Å²) in [5.41, 5.74) is 2.49. The second-order valence-corrected chi connectivity index (χ2v) is 9.07. The van der Waals surface area contributed by atoms with E-state index in [-0.39, 0.29) is 5.75 Å². The van der Waals surface area contributed by atoms with E-state index in [1.165, 1.54) is 6.26 Å². The van der Waals surface area contributed by atoms with Crippen LogP contribution in [-0.4, -0.2) is 63.1 Å². The lowest BCUT2D eigenvalue weighted by Gasteiger charge is -2.40. The first kappa shape index (κ1) is 22.2. The van der Waals surface area contributed by atoms with Crippen molar-refractivity contribution in [1.82, 2.24) is 0 Å². The van der Waals surface area contributed by atoms with Gasteiger partial charge in [0.15, 0.2) is 0 Å². The molecule has 2 aromatic rings. The van der Waals surface area contributed by atoms with Crippen molar-refractivity contribution < 1.29 is 29.0 Å². The van der Waals surface area contributed by atoms with Crippen LogP contribution in [0.1, 0.15) is 22.8 Å². The maximum atomic E-state index is 11.6. The van der Waals surface area contributed by atoms with E-state index in [2.05, 4.69) is 0 Å². The molecule has 3 N–H and O–H groups in total. The Morgan fingerprint density at radius 1 is 1.07 bits per heavy atom. The van der Waals surface area contributed by atoms with Gasteiger partial charge in [0.1, 0.15) is 30.2 Å². The molecule has 1 aliphatic heterocycles. The lowest BCUT2D eigenvalue weighted by atomic mass is 9.90. The van der Waals surface area contributed by atoms with Crippen LogP contribution in [0.3, 0.4) is 0 Å². The van der Waals surface area contributed by atoms with Gasteiger partial charge in [0.05, 0.1) is 19.0 Å². The molecular weight excluding hydrogens is 416 g/mol. The van der Waals surface area contributed by atoms with Gasteiger partial charge in [-0.3, -0.25) is 4.21 Å². The van der Waals surface area contributed by atoms with Gasteiger partial charge in [0, 0.05) is 22.1 Å². The third-order valence-electron chi connectivity index (χ3n) is 5.06. The molecule has 8 heteroatoms. The number of hydrogen-bond acceptors (Lipinski definition) is 6. The maximum Gasteiger partial charge on any atom is 0.118 e. The average molecular weight is 441 g/mol. The standard InChI is InChI=1S/C21H25ClO6S/c1-27-15-6-3-12(4-7-15)9-14-10-13(5-8-16(14)22)21-20(25)19(24)18(23)17(28-21)11-29(2)26/h3-8,10,17-21,23-25H,9,11H2,1-2H3/t17-,18-,19+,20-,21+,29?/m1/s1. The van der Waals surface area contributed by atoms with Gasteiger partial charge in [-0.1, -0.05) is 35.9 Å². The Balaban J connectivity index is 1.85. The fourth-order valence-electron chi connectivity index (χ4n) is 3.47. The van der Waals surface area contributed by atoms with E-state index in [1.54, 1.807) is 19.2 Å². The van der Waals surface area contributed by atoms with Gasteiger partial charge in [-0.25, -0.2) is 0 Å². The molecule has 0 aliphatic carbocycles. The van der Waals surface area contributed by atoms with E-state index in [0.717, 1.165) is 16.9 Å². The summed E-state index contributed by atoms with van der Waals surface area (Å²) >= 11 is 6.37. The van der Waals surface area contributed by atoms with Crippen LogP contribution in [0.2, 0.25) is 5.02 Å². The van der Waals surface area contributed by atoms with E-state index >= 15 is 0 Å². The normalized spacial score (nSPS) is 28.1. The summed E-state index contributed by atoms with van der Waals surface area (Å²) in [5.74, 6) is 0.826. The molecule has 1 heterocycles. The predicted octanol–water partition coefficient (Wildman–Crippen LogP) is 1.84. The van der Waals surface area contributed by atoms with Gasteiger partial charge in [-0.05, 0) is 41.3 Å². The van der Waals surface area contributed by atoms with Gasteiger partial charge in [-0.2, -0.15) is 0 Å². The van der Waals surface area contributed by atoms with Crippen molar-refractivity contribution in [3.05, 3.63) is 64.2 Å². The third kappa shape index (κ3) is 5.17. The molecule has 1 saturated heterocycles. The second kappa shape index (κ2) is 9.55. The molecule has 0 saturated carbocycles. The van der Waals surface area contributed by atoms with Crippen LogP contribution in [0.4, 0.5) is 0 Å². The van der Waals surface area contributed by atoms with Crippen LogP contribution in [0.15, 0.2) is 42.5 Å². The first-order valence-electron chi connectivity index (χ1n) is 9.21. The van der Waals surface area contributed by atoms with Gasteiger partial charge in [0.2, 0.25) is 0 Å². The highest BCUT2D eigenvalue weighted by Crippen LogP contribution is 2.34. The molecule has 2 aromatic carbocycles. The van der Waals surface area contributed by atoms with Crippen molar-refractivity contribution in [2.45, 2.75) is 36.9 Å². The first-order valence-corrected chi connectivity index (χ1v) is 11.3. The number of benzene rings is 2. The molecule has 3 rings (SSSR count). The van der Waals surface area contributed by atoms with Crippen LogP contribution in [0.25, 0.3) is 0 Å². The molecule has 1 fully saturated rings. The molecule has 0 amide bonds. The van der Waals surface area contributed by atoms with Crippen molar-refractivity contribution >= 4 is 22.4 Å². The summed E-state index contributed by atoms with van der Waals surface area (Å²) < 4.78 is 22.6. The minimum atomic E-state index is -1.40. The van der Waals surface area contributed by atoms with Crippen LogP contribution in [-0.2, 0) is 22.0 Å². The van der Waals surface area contributed by atoms with Gasteiger partial charge < -0.3 is 24.8 Å². The summed E-state index contributed by atoms with van der Waals surface area (Å²) in [7, 11) is 0.381. The van der Waals surface area contributed by atoms with Crippen LogP contribution in [0.5, 0.6) is 5.75 Å². The van der Waals surface area contributed by atoms with Gasteiger partial charge in [-0.15, -0.1) is 0 Å². The Bertz CT molecular complexity index is 859. The zero-order valence-electron chi connectivity index (χ0n) is 16.2. The summed E-state index contributed by atoms with van der Waals surface area (Å²) in [5, 5.41) is 31.4. The average Bonchev–Trinajstić information content (AvgIpc) is 2.70. The molecule has 1 aliphatic rings. The Labute approximate surface area is 177 Å². The second-order valence-electron chi connectivity index (χ2n) is 7.18. The lowest BCUT2D eigenvalue weighted by molar-refractivity contribution is -0.218. The number of halogens is 1. The molecule has 0 bridgehead atoms. The molecule has 158 valence electrons. The monoisotopic (exact) mass is 440 g/mol. The van der Waals surface area contributed by atoms with E-state index in [4.69, 9.17) is 21.1 Å². The van der Waals surface area contributed by atoms with E-state index in [9.17, 15) is 19.5 Å². The van der Waals surface area contributed by atoms with Crippen molar-refractivity contribution in [3.63, 3.8) is 0 Å². The van der Waals surface area contributed by atoms with E-state index < -0.39 is 41.3 Å². The number of aliphatic hydroxyl groups is 3. The van der Waals surface area contributed by atoms with Gasteiger partial charge >= 0.3 is 0 Å². The van der Waals surface area contributed by atoms with Crippen molar-refractivity contribution in [2.24, 2.45) is 0 Å². The Hall–Kier alpha value is -1.48. The maximum absolute atomic E-state index is 11.6. The molecule has 0 aromatic heterocycles. The largest absolute Gasteiger partial charge is 0.497 e.